The predicted octanol–water partition coefficient (Wildman–Crippen LogP) is 1.12. The standard InChI is InChI=1S/C11H11F3N2O3/c12-11(13,14)9-3-6(1-2-15-9)16-5-7(17)4-8(16)10(18)19/h1-3,7-8,17H,4-5H2,(H,18,19). The molecular weight excluding hydrogens is 265 g/mol. The molecule has 0 saturated carbocycles. The molecule has 1 aromatic heterocycles. The maximum Gasteiger partial charge on any atom is 0.433 e. The van der Waals surface area contributed by atoms with E-state index in [1.807, 2.05) is 0 Å². The van der Waals surface area contributed by atoms with Gasteiger partial charge in [-0.1, -0.05) is 0 Å². The number of hydrogen-bond donors (Lipinski definition) is 2. The lowest BCUT2D eigenvalue weighted by Crippen LogP contribution is -2.36. The Balaban J connectivity index is 2.33. The highest BCUT2D eigenvalue weighted by atomic mass is 19.4. The minimum atomic E-state index is -4.59. The third kappa shape index (κ3) is 2.78. The van der Waals surface area contributed by atoms with Crippen molar-refractivity contribution in [2.75, 3.05) is 11.4 Å². The average molecular weight is 276 g/mol. The minimum Gasteiger partial charge on any atom is -0.480 e. The van der Waals surface area contributed by atoms with Gasteiger partial charge in [-0.15, -0.1) is 0 Å². The number of carboxylic acids is 1. The molecule has 1 aliphatic rings. The lowest BCUT2D eigenvalue weighted by molar-refractivity contribution is -0.141. The fourth-order valence-electron chi connectivity index (χ4n) is 2.09. The molecule has 2 atom stereocenters. The number of nitrogens with zero attached hydrogens (tertiary/aromatic N) is 2. The summed E-state index contributed by atoms with van der Waals surface area (Å²) < 4.78 is 37.6. The van der Waals surface area contributed by atoms with Crippen LogP contribution >= 0.6 is 0 Å². The predicted molar refractivity (Wildman–Crippen MR) is 58.6 cm³/mol. The van der Waals surface area contributed by atoms with Crippen LogP contribution < -0.4 is 4.90 Å². The summed E-state index contributed by atoms with van der Waals surface area (Å²) in [4.78, 5) is 15.5. The maximum absolute atomic E-state index is 12.5. The summed E-state index contributed by atoms with van der Waals surface area (Å²) in [6, 6.07) is 1.05. The van der Waals surface area contributed by atoms with E-state index in [2.05, 4.69) is 4.98 Å². The van der Waals surface area contributed by atoms with Crippen LogP contribution in [0.3, 0.4) is 0 Å². The molecule has 1 saturated heterocycles. The molecule has 0 aromatic carbocycles. The zero-order chi connectivity index (χ0) is 14.2. The van der Waals surface area contributed by atoms with Crippen LogP contribution in [0.4, 0.5) is 18.9 Å². The molecule has 8 heteroatoms. The number of aliphatic hydroxyl groups excluding tert-OH is 1. The molecule has 2 N–H and O–H groups in total. The van der Waals surface area contributed by atoms with Gasteiger partial charge in [-0.25, -0.2) is 4.79 Å². The van der Waals surface area contributed by atoms with E-state index in [4.69, 9.17) is 5.11 Å². The van der Waals surface area contributed by atoms with Gasteiger partial charge in [0.2, 0.25) is 0 Å². The number of aliphatic hydroxyl groups is 1. The van der Waals surface area contributed by atoms with Gasteiger partial charge in [0, 0.05) is 24.8 Å². The van der Waals surface area contributed by atoms with Gasteiger partial charge in [0.05, 0.1) is 6.10 Å². The van der Waals surface area contributed by atoms with Crippen LogP contribution in [0.5, 0.6) is 0 Å². The zero-order valence-corrected chi connectivity index (χ0v) is 9.63. The van der Waals surface area contributed by atoms with Crippen molar-refractivity contribution < 1.29 is 28.2 Å². The molecule has 0 spiro atoms. The van der Waals surface area contributed by atoms with E-state index in [1.165, 1.54) is 11.0 Å². The Bertz CT molecular complexity index is 492. The highest BCUT2D eigenvalue weighted by molar-refractivity contribution is 5.79. The molecule has 104 valence electrons. The molecule has 1 fully saturated rings. The Hall–Kier alpha value is -1.83. The Labute approximate surface area is 106 Å². The first-order chi connectivity index (χ1) is 8.79. The molecule has 0 amide bonds. The second-order valence-corrected chi connectivity index (χ2v) is 4.29. The lowest BCUT2D eigenvalue weighted by Gasteiger charge is -2.23. The number of alkyl halides is 3. The summed E-state index contributed by atoms with van der Waals surface area (Å²) in [5.74, 6) is -1.18. The topological polar surface area (TPSA) is 73.7 Å². The Morgan fingerprint density at radius 1 is 1.47 bits per heavy atom. The molecule has 2 unspecified atom stereocenters. The lowest BCUT2D eigenvalue weighted by atomic mass is 10.2. The smallest absolute Gasteiger partial charge is 0.433 e. The van der Waals surface area contributed by atoms with Crippen molar-refractivity contribution in [1.29, 1.82) is 0 Å². The first-order valence-corrected chi connectivity index (χ1v) is 5.50. The van der Waals surface area contributed by atoms with E-state index in [0.29, 0.717) is 0 Å². The first kappa shape index (κ1) is 13.6. The molecule has 5 nitrogen and oxygen atoms in total. The highest BCUT2D eigenvalue weighted by Gasteiger charge is 2.38. The molecule has 0 radical (unpaired) electrons. The summed E-state index contributed by atoms with van der Waals surface area (Å²) in [5, 5.41) is 18.5. The van der Waals surface area contributed by atoms with Crippen LogP contribution in [0.1, 0.15) is 12.1 Å². The van der Waals surface area contributed by atoms with Gasteiger partial charge in [0.1, 0.15) is 11.7 Å². The van der Waals surface area contributed by atoms with Crippen molar-refractivity contribution in [2.45, 2.75) is 24.7 Å². The maximum atomic E-state index is 12.5. The summed E-state index contributed by atoms with van der Waals surface area (Å²) >= 11 is 0. The van der Waals surface area contributed by atoms with Crippen molar-refractivity contribution in [3.63, 3.8) is 0 Å². The normalized spacial score (nSPS) is 23.7. The summed E-state index contributed by atoms with van der Waals surface area (Å²) in [6.45, 7) is -0.0156. The number of hydrogen-bond acceptors (Lipinski definition) is 4. The average Bonchev–Trinajstić information content (AvgIpc) is 2.71. The van der Waals surface area contributed by atoms with E-state index in [0.717, 1.165) is 12.3 Å². The molecule has 0 aliphatic carbocycles. The van der Waals surface area contributed by atoms with Crippen molar-refractivity contribution in [1.82, 2.24) is 4.98 Å². The van der Waals surface area contributed by atoms with E-state index >= 15 is 0 Å². The number of aliphatic carboxylic acids is 1. The van der Waals surface area contributed by atoms with Gasteiger partial charge < -0.3 is 15.1 Å². The van der Waals surface area contributed by atoms with Crippen molar-refractivity contribution in [3.8, 4) is 0 Å². The van der Waals surface area contributed by atoms with E-state index < -0.39 is 30.0 Å². The van der Waals surface area contributed by atoms with Crippen molar-refractivity contribution >= 4 is 11.7 Å². The number of anilines is 1. The Morgan fingerprint density at radius 2 is 2.16 bits per heavy atom. The fraction of sp³-hybridized carbons (Fsp3) is 0.455. The minimum absolute atomic E-state index is 0.0149. The third-order valence-corrected chi connectivity index (χ3v) is 2.93. The highest BCUT2D eigenvalue weighted by Crippen LogP contribution is 2.32. The zero-order valence-electron chi connectivity index (χ0n) is 9.63. The molecule has 19 heavy (non-hydrogen) atoms. The monoisotopic (exact) mass is 276 g/mol. The van der Waals surface area contributed by atoms with Crippen molar-refractivity contribution in [2.24, 2.45) is 0 Å². The van der Waals surface area contributed by atoms with Gasteiger partial charge in [0.25, 0.3) is 0 Å². The largest absolute Gasteiger partial charge is 0.480 e. The summed E-state index contributed by atoms with van der Waals surface area (Å²) in [7, 11) is 0. The van der Waals surface area contributed by atoms with E-state index in [-0.39, 0.29) is 18.7 Å². The third-order valence-electron chi connectivity index (χ3n) is 2.93. The van der Waals surface area contributed by atoms with Crippen molar-refractivity contribution in [3.05, 3.63) is 24.0 Å². The molecule has 0 bridgehead atoms. The fourth-order valence-corrected chi connectivity index (χ4v) is 2.09. The molecule has 1 aromatic rings. The van der Waals surface area contributed by atoms with Gasteiger partial charge in [-0.2, -0.15) is 13.2 Å². The summed E-state index contributed by atoms with van der Waals surface area (Å²) in [5.41, 5.74) is -0.998. The quantitative estimate of drug-likeness (QED) is 0.847. The van der Waals surface area contributed by atoms with Crippen LogP contribution in [0.15, 0.2) is 18.3 Å². The van der Waals surface area contributed by atoms with Gasteiger partial charge >= 0.3 is 12.1 Å². The Morgan fingerprint density at radius 3 is 2.74 bits per heavy atom. The van der Waals surface area contributed by atoms with Gasteiger partial charge in [-0.05, 0) is 12.1 Å². The van der Waals surface area contributed by atoms with Crippen LogP contribution in [0.25, 0.3) is 0 Å². The number of carbonyl (C=O) groups is 1. The van der Waals surface area contributed by atoms with Crippen LogP contribution in [0.2, 0.25) is 0 Å². The number of carboxylic acid groups (broad SMARTS) is 1. The second kappa shape index (κ2) is 4.69. The van der Waals surface area contributed by atoms with E-state index in [1.54, 1.807) is 0 Å². The van der Waals surface area contributed by atoms with Crippen LogP contribution in [-0.4, -0.2) is 39.9 Å². The summed E-state index contributed by atoms with van der Waals surface area (Å²) in [6.07, 6.45) is -4.50. The number of halogens is 3. The van der Waals surface area contributed by atoms with Crippen LogP contribution in [-0.2, 0) is 11.0 Å². The number of β-amino-alcohol motifs (C(OH)–C–C–N with tert-alkyl or cyclic N) is 1. The number of pyridine rings is 1. The SMILES string of the molecule is O=C(O)C1CC(O)CN1c1ccnc(C(F)(F)F)c1. The molecular formula is C11H11F3N2O3. The Kier molecular flexibility index (Phi) is 3.36. The number of aromatic nitrogens is 1. The first-order valence-electron chi connectivity index (χ1n) is 5.50. The molecule has 1 aliphatic heterocycles. The van der Waals surface area contributed by atoms with E-state index in [9.17, 15) is 23.1 Å². The van der Waals surface area contributed by atoms with Gasteiger partial charge in [0.15, 0.2) is 0 Å². The number of rotatable bonds is 2. The molecule has 2 rings (SSSR count). The second-order valence-electron chi connectivity index (χ2n) is 4.29. The van der Waals surface area contributed by atoms with Gasteiger partial charge in [-0.3, -0.25) is 4.98 Å². The van der Waals surface area contributed by atoms with Crippen LogP contribution in [0, 0.1) is 0 Å². The molecule has 2 heterocycles.